The number of aryl methyl sites for hydroxylation is 1. The van der Waals surface area contributed by atoms with Crippen molar-refractivity contribution in [3.8, 4) is 0 Å². The van der Waals surface area contributed by atoms with Crippen LogP contribution < -0.4 is 4.90 Å². The summed E-state index contributed by atoms with van der Waals surface area (Å²) < 4.78 is 5.15. The summed E-state index contributed by atoms with van der Waals surface area (Å²) in [6, 6.07) is 15.2. The SMILES string of the molecule is Cc1cc(N(CN2CCCC2=O)C(=O)c2ccc3ccccc3c2)no1. The molecule has 0 spiro atoms. The highest BCUT2D eigenvalue weighted by Gasteiger charge is 2.28. The predicted molar refractivity (Wildman–Crippen MR) is 97.8 cm³/mol. The lowest BCUT2D eigenvalue weighted by molar-refractivity contribution is -0.127. The molecular formula is C20H19N3O3. The van der Waals surface area contributed by atoms with E-state index in [9.17, 15) is 9.59 Å². The monoisotopic (exact) mass is 349 g/mol. The molecule has 4 rings (SSSR count). The van der Waals surface area contributed by atoms with Crippen molar-refractivity contribution in [1.29, 1.82) is 0 Å². The van der Waals surface area contributed by atoms with Crippen LogP contribution in [0.15, 0.2) is 53.1 Å². The van der Waals surface area contributed by atoms with Gasteiger partial charge in [-0.1, -0.05) is 35.5 Å². The van der Waals surface area contributed by atoms with E-state index in [0.29, 0.717) is 30.1 Å². The summed E-state index contributed by atoms with van der Waals surface area (Å²) in [5.41, 5.74) is 0.552. The number of rotatable bonds is 4. The van der Waals surface area contributed by atoms with Crippen molar-refractivity contribution in [2.75, 3.05) is 18.1 Å². The molecule has 0 atom stereocenters. The summed E-state index contributed by atoms with van der Waals surface area (Å²) in [4.78, 5) is 28.4. The zero-order valence-corrected chi connectivity index (χ0v) is 14.5. The summed E-state index contributed by atoms with van der Waals surface area (Å²) in [5, 5.41) is 6.05. The van der Waals surface area contributed by atoms with Gasteiger partial charge < -0.3 is 9.42 Å². The average molecular weight is 349 g/mol. The van der Waals surface area contributed by atoms with Crippen LogP contribution in [0, 0.1) is 6.92 Å². The molecule has 26 heavy (non-hydrogen) atoms. The standard InChI is InChI=1S/C20H19N3O3/c1-14-11-18(21-26-14)23(13-22-10-4-7-19(22)24)20(25)17-9-8-15-5-2-3-6-16(15)12-17/h2-3,5-6,8-9,11-12H,4,7,10,13H2,1H3. The van der Waals surface area contributed by atoms with Crippen LogP contribution in [0.2, 0.25) is 0 Å². The highest BCUT2D eigenvalue weighted by Crippen LogP contribution is 2.22. The molecule has 2 heterocycles. The summed E-state index contributed by atoms with van der Waals surface area (Å²) >= 11 is 0. The Kier molecular flexibility index (Phi) is 4.16. The van der Waals surface area contributed by atoms with Crippen LogP contribution in [0.3, 0.4) is 0 Å². The third kappa shape index (κ3) is 3.06. The van der Waals surface area contributed by atoms with E-state index in [2.05, 4.69) is 5.16 Å². The molecule has 1 aromatic heterocycles. The average Bonchev–Trinajstić information content (AvgIpc) is 3.27. The van der Waals surface area contributed by atoms with Gasteiger partial charge in [0.1, 0.15) is 12.4 Å². The number of carbonyl (C=O) groups excluding carboxylic acids is 2. The molecule has 0 unspecified atom stereocenters. The number of anilines is 1. The Morgan fingerprint density at radius 2 is 2.00 bits per heavy atom. The van der Waals surface area contributed by atoms with E-state index in [1.807, 2.05) is 36.4 Å². The Labute approximate surface area is 151 Å². The third-order valence-corrected chi connectivity index (χ3v) is 4.62. The van der Waals surface area contributed by atoms with Crippen LogP contribution in [-0.4, -0.2) is 35.1 Å². The maximum absolute atomic E-state index is 13.2. The number of hydrogen-bond acceptors (Lipinski definition) is 4. The molecule has 2 amide bonds. The molecule has 6 nitrogen and oxygen atoms in total. The van der Waals surface area contributed by atoms with Gasteiger partial charge in [-0.2, -0.15) is 0 Å². The number of carbonyl (C=O) groups is 2. The fraction of sp³-hybridized carbons (Fsp3) is 0.250. The van der Waals surface area contributed by atoms with Crippen molar-refractivity contribution in [3.05, 3.63) is 59.9 Å². The topological polar surface area (TPSA) is 66.7 Å². The van der Waals surface area contributed by atoms with Crippen molar-refractivity contribution >= 4 is 28.4 Å². The summed E-state index contributed by atoms with van der Waals surface area (Å²) in [6.45, 7) is 2.60. The van der Waals surface area contributed by atoms with Crippen LogP contribution in [-0.2, 0) is 4.79 Å². The summed E-state index contributed by atoms with van der Waals surface area (Å²) in [6.07, 6.45) is 1.34. The molecule has 0 saturated carbocycles. The quantitative estimate of drug-likeness (QED) is 0.724. The molecular weight excluding hydrogens is 330 g/mol. The second-order valence-electron chi connectivity index (χ2n) is 6.49. The number of aromatic nitrogens is 1. The number of fused-ring (bicyclic) bond motifs is 1. The Balaban J connectivity index is 1.69. The number of likely N-dealkylation sites (tertiary alicyclic amines) is 1. The fourth-order valence-electron chi connectivity index (χ4n) is 3.22. The molecule has 0 aliphatic carbocycles. The minimum absolute atomic E-state index is 0.0570. The third-order valence-electron chi connectivity index (χ3n) is 4.62. The van der Waals surface area contributed by atoms with Gasteiger partial charge in [0, 0.05) is 24.6 Å². The Morgan fingerprint density at radius 3 is 2.69 bits per heavy atom. The van der Waals surface area contributed by atoms with Gasteiger partial charge in [0.15, 0.2) is 5.82 Å². The molecule has 0 bridgehead atoms. The molecule has 1 aliphatic heterocycles. The van der Waals surface area contributed by atoms with Crippen molar-refractivity contribution < 1.29 is 14.1 Å². The molecule has 3 aromatic rings. The van der Waals surface area contributed by atoms with Gasteiger partial charge >= 0.3 is 0 Å². The van der Waals surface area contributed by atoms with Gasteiger partial charge in [0.2, 0.25) is 5.91 Å². The lowest BCUT2D eigenvalue weighted by atomic mass is 10.1. The van der Waals surface area contributed by atoms with Crippen molar-refractivity contribution in [1.82, 2.24) is 10.1 Å². The van der Waals surface area contributed by atoms with Gasteiger partial charge in [-0.3, -0.25) is 14.5 Å². The lowest BCUT2D eigenvalue weighted by Crippen LogP contribution is -2.42. The minimum atomic E-state index is -0.205. The number of hydrogen-bond donors (Lipinski definition) is 0. The van der Waals surface area contributed by atoms with E-state index in [1.54, 1.807) is 24.0 Å². The first-order chi connectivity index (χ1) is 12.6. The van der Waals surface area contributed by atoms with Gasteiger partial charge in [0.05, 0.1) is 0 Å². The molecule has 0 radical (unpaired) electrons. The van der Waals surface area contributed by atoms with Crippen LogP contribution >= 0.6 is 0 Å². The smallest absolute Gasteiger partial charge is 0.261 e. The summed E-state index contributed by atoms with van der Waals surface area (Å²) in [5.74, 6) is 0.884. The van der Waals surface area contributed by atoms with Crippen molar-refractivity contribution in [2.45, 2.75) is 19.8 Å². The maximum atomic E-state index is 13.2. The zero-order valence-electron chi connectivity index (χ0n) is 14.5. The Bertz CT molecular complexity index is 979. The first kappa shape index (κ1) is 16.3. The van der Waals surface area contributed by atoms with Crippen LogP contribution in [0.1, 0.15) is 29.0 Å². The van der Waals surface area contributed by atoms with Crippen LogP contribution in [0.4, 0.5) is 5.82 Å². The van der Waals surface area contributed by atoms with E-state index in [1.165, 1.54) is 4.90 Å². The molecule has 1 saturated heterocycles. The van der Waals surface area contributed by atoms with Gasteiger partial charge in [0.25, 0.3) is 5.91 Å². The van der Waals surface area contributed by atoms with E-state index in [-0.39, 0.29) is 18.5 Å². The first-order valence-corrected chi connectivity index (χ1v) is 8.63. The van der Waals surface area contributed by atoms with Crippen LogP contribution in [0.5, 0.6) is 0 Å². The van der Waals surface area contributed by atoms with E-state index >= 15 is 0 Å². The highest BCUT2D eigenvalue weighted by molar-refractivity contribution is 6.07. The fourth-order valence-corrected chi connectivity index (χ4v) is 3.22. The highest BCUT2D eigenvalue weighted by atomic mass is 16.5. The Hall–Kier alpha value is -3.15. The molecule has 0 N–H and O–H groups in total. The van der Waals surface area contributed by atoms with E-state index in [0.717, 1.165) is 17.2 Å². The van der Waals surface area contributed by atoms with Crippen molar-refractivity contribution in [2.24, 2.45) is 0 Å². The van der Waals surface area contributed by atoms with Crippen molar-refractivity contribution in [3.63, 3.8) is 0 Å². The zero-order chi connectivity index (χ0) is 18.1. The first-order valence-electron chi connectivity index (χ1n) is 8.63. The lowest BCUT2D eigenvalue weighted by Gasteiger charge is -2.26. The molecule has 1 fully saturated rings. The molecule has 132 valence electrons. The second kappa shape index (κ2) is 6.63. The van der Waals surface area contributed by atoms with Gasteiger partial charge in [-0.25, -0.2) is 0 Å². The van der Waals surface area contributed by atoms with E-state index in [4.69, 9.17) is 4.52 Å². The maximum Gasteiger partial charge on any atom is 0.261 e. The van der Waals surface area contributed by atoms with Crippen LogP contribution in [0.25, 0.3) is 10.8 Å². The Morgan fingerprint density at radius 1 is 1.19 bits per heavy atom. The largest absolute Gasteiger partial charge is 0.360 e. The predicted octanol–water partition coefficient (Wildman–Crippen LogP) is 3.36. The van der Waals surface area contributed by atoms with Gasteiger partial charge in [-0.15, -0.1) is 0 Å². The van der Waals surface area contributed by atoms with Gasteiger partial charge in [-0.05, 0) is 36.2 Å². The summed E-state index contributed by atoms with van der Waals surface area (Å²) in [7, 11) is 0. The molecule has 6 heteroatoms. The van der Waals surface area contributed by atoms with E-state index < -0.39 is 0 Å². The molecule has 1 aliphatic rings. The number of amides is 2. The normalized spacial score (nSPS) is 14.2. The number of benzene rings is 2. The second-order valence-corrected chi connectivity index (χ2v) is 6.49. The number of nitrogens with zero attached hydrogens (tertiary/aromatic N) is 3. The molecule has 2 aromatic carbocycles. The minimum Gasteiger partial charge on any atom is -0.360 e.